The summed E-state index contributed by atoms with van der Waals surface area (Å²) in [6.45, 7) is 2.07. The molecule has 0 N–H and O–H groups in total. The van der Waals surface area contributed by atoms with Crippen molar-refractivity contribution >= 4 is 16.9 Å². The van der Waals surface area contributed by atoms with E-state index in [-0.39, 0.29) is 24.0 Å². The first-order valence-corrected chi connectivity index (χ1v) is 14.1. The molecule has 6 atom stereocenters. The summed E-state index contributed by atoms with van der Waals surface area (Å²) >= 11 is 0. The quantitative estimate of drug-likeness (QED) is 0.545. The van der Waals surface area contributed by atoms with Gasteiger partial charge in [0, 0.05) is 24.2 Å². The zero-order valence-corrected chi connectivity index (χ0v) is 21.0. The maximum Gasteiger partial charge on any atom is 0.374 e. The fourth-order valence-electron chi connectivity index (χ4n) is 8.13. The lowest BCUT2D eigenvalue weighted by molar-refractivity contribution is -0.0431. The van der Waals surface area contributed by atoms with E-state index in [1.807, 2.05) is 24.3 Å². The van der Waals surface area contributed by atoms with Gasteiger partial charge in [0.15, 0.2) is 0 Å². The molecule has 4 fully saturated rings. The van der Waals surface area contributed by atoms with Crippen LogP contribution >= 0.6 is 0 Å². The third-order valence-corrected chi connectivity index (χ3v) is 9.41. The maximum atomic E-state index is 13.7. The molecule has 35 heavy (non-hydrogen) atoms. The highest BCUT2D eigenvalue weighted by Crippen LogP contribution is 2.46. The topological polar surface area (TPSA) is 64.4 Å². The zero-order chi connectivity index (χ0) is 23.9. The van der Waals surface area contributed by atoms with Crippen molar-refractivity contribution in [2.75, 3.05) is 6.61 Å². The van der Waals surface area contributed by atoms with Gasteiger partial charge in [-0.15, -0.1) is 0 Å². The summed E-state index contributed by atoms with van der Waals surface area (Å²) in [6.07, 6.45) is 15.3. The Balaban J connectivity index is 1.33. The molecule has 6 heteroatoms. The number of aromatic nitrogens is 2. The van der Waals surface area contributed by atoms with Crippen LogP contribution in [0.25, 0.3) is 10.9 Å². The summed E-state index contributed by atoms with van der Waals surface area (Å²) < 4.78 is 7.07. The Labute approximate surface area is 208 Å². The Morgan fingerprint density at radius 3 is 2.26 bits per heavy atom. The number of fused-ring (bicyclic) bond motifs is 5. The van der Waals surface area contributed by atoms with E-state index >= 15 is 0 Å². The van der Waals surface area contributed by atoms with E-state index in [2.05, 4.69) is 9.88 Å². The molecule has 1 aromatic heterocycles. The van der Waals surface area contributed by atoms with Gasteiger partial charge in [-0.3, -0.25) is 14.3 Å². The van der Waals surface area contributed by atoms with Crippen molar-refractivity contribution in [3.63, 3.8) is 0 Å². The molecule has 2 saturated heterocycles. The molecule has 2 aliphatic heterocycles. The number of hydrogen-bond acceptors (Lipinski definition) is 5. The summed E-state index contributed by atoms with van der Waals surface area (Å²) in [7, 11) is 0. The molecule has 6 rings (SSSR count). The second-order valence-corrected chi connectivity index (χ2v) is 11.5. The van der Waals surface area contributed by atoms with Gasteiger partial charge in [-0.1, -0.05) is 44.2 Å². The van der Waals surface area contributed by atoms with Crippen LogP contribution in [0.5, 0.6) is 0 Å². The normalized spacial score (nSPS) is 33.3. The van der Waals surface area contributed by atoms with Gasteiger partial charge >= 0.3 is 5.97 Å². The highest BCUT2D eigenvalue weighted by molar-refractivity contribution is 5.89. The number of para-hydroxylation sites is 1. The summed E-state index contributed by atoms with van der Waals surface area (Å²) in [5, 5.41) is 0.587. The van der Waals surface area contributed by atoms with E-state index < -0.39 is 5.97 Å². The van der Waals surface area contributed by atoms with Crippen LogP contribution in [0.2, 0.25) is 0 Å². The number of hydrogen-bond donors (Lipinski definition) is 0. The van der Waals surface area contributed by atoms with Crippen molar-refractivity contribution in [3.8, 4) is 0 Å². The number of ether oxygens (including phenoxy) is 1. The number of rotatable bonds is 4. The number of carbonyl (C=O) groups excluding carboxylic acids is 1. The van der Waals surface area contributed by atoms with E-state index in [1.165, 1.54) is 64.2 Å². The predicted molar refractivity (Wildman–Crippen MR) is 137 cm³/mol. The maximum absolute atomic E-state index is 13.7. The molecule has 1 aromatic carbocycles. The van der Waals surface area contributed by atoms with Gasteiger partial charge in [-0.25, -0.2) is 9.78 Å². The first kappa shape index (κ1) is 23.2. The van der Waals surface area contributed by atoms with Crippen LogP contribution in [0.4, 0.5) is 0 Å². The fraction of sp³-hybridized carbons (Fsp3) is 0.690. The van der Waals surface area contributed by atoms with E-state index in [9.17, 15) is 9.59 Å². The van der Waals surface area contributed by atoms with Gasteiger partial charge in [0.1, 0.15) is 0 Å². The first-order chi connectivity index (χ1) is 17.1. The Morgan fingerprint density at radius 1 is 0.886 bits per heavy atom. The largest absolute Gasteiger partial charge is 0.460 e. The molecule has 4 aliphatic rings. The fourth-order valence-corrected chi connectivity index (χ4v) is 8.13. The minimum absolute atomic E-state index is 0.00331. The number of benzene rings is 1. The lowest BCUT2D eigenvalue weighted by atomic mass is 9.73. The minimum atomic E-state index is -0.487. The Morgan fingerprint density at radius 2 is 1.57 bits per heavy atom. The first-order valence-electron chi connectivity index (χ1n) is 14.1. The smallest absolute Gasteiger partial charge is 0.374 e. The molecule has 2 aliphatic carbocycles. The second kappa shape index (κ2) is 9.68. The summed E-state index contributed by atoms with van der Waals surface area (Å²) in [4.78, 5) is 34.2. The van der Waals surface area contributed by atoms with Crippen LogP contribution in [-0.2, 0) is 4.74 Å². The molecule has 0 amide bonds. The van der Waals surface area contributed by atoms with Crippen molar-refractivity contribution in [1.82, 2.24) is 14.5 Å². The lowest BCUT2D eigenvalue weighted by Gasteiger charge is -2.54. The van der Waals surface area contributed by atoms with Crippen LogP contribution < -0.4 is 5.56 Å². The molecule has 4 bridgehead atoms. The molecule has 0 radical (unpaired) electrons. The summed E-state index contributed by atoms with van der Waals surface area (Å²) in [5.74, 6) is 1.50. The third-order valence-electron chi connectivity index (χ3n) is 9.41. The van der Waals surface area contributed by atoms with Crippen molar-refractivity contribution in [1.29, 1.82) is 0 Å². The molecule has 0 spiro atoms. The Bertz CT molecular complexity index is 1120. The molecular weight excluding hydrogens is 438 g/mol. The average Bonchev–Trinajstić information content (AvgIpc) is 3.02. The van der Waals surface area contributed by atoms with Crippen LogP contribution in [0.1, 0.15) is 101 Å². The highest BCUT2D eigenvalue weighted by atomic mass is 16.5. The van der Waals surface area contributed by atoms with Gasteiger partial charge in [0.05, 0.1) is 17.5 Å². The molecule has 188 valence electrons. The number of esters is 1. The van der Waals surface area contributed by atoms with Crippen LogP contribution in [0, 0.1) is 11.8 Å². The Hall–Kier alpha value is -2.21. The summed E-state index contributed by atoms with van der Waals surface area (Å²) in [6, 6.07) is 9.05. The van der Waals surface area contributed by atoms with Gasteiger partial charge in [0.2, 0.25) is 5.82 Å². The molecular formula is C29H39N3O3. The van der Waals surface area contributed by atoms with Crippen molar-refractivity contribution in [3.05, 3.63) is 40.4 Å². The van der Waals surface area contributed by atoms with Crippen molar-refractivity contribution < 1.29 is 9.53 Å². The van der Waals surface area contributed by atoms with E-state index in [0.29, 0.717) is 29.0 Å². The van der Waals surface area contributed by atoms with Gasteiger partial charge in [-0.05, 0) is 75.8 Å². The minimum Gasteiger partial charge on any atom is -0.460 e. The number of piperidine rings is 2. The second-order valence-electron chi connectivity index (χ2n) is 11.5. The zero-order valence-electron chi connectivity index (χ0n) is 21.0. The van der Waals surface area contributed by atoms with E-state index in [1.54, 1.807) is 11.5 Å². The van der Waals surface area contributed by atoms with Crippen molar-refractivity contribution in [2.24, 2.45) is 11.8 Å². The van der Waals surface area contributed by atoms with E-state index in [0.717, 1.165) is 24.7 Å². The molecule has 6 nitrogen and oxygen atoms in total. The molecule has 1 unspecified atom stereocenters. The molecule has 2 aromatic rings. The van der Waals surface area contributed by atoms with Crippen molar-refractivity contribution in [2.45, 2.75) is 108 Å². The van der Waals surface area contributed by atoms with Crippen LogP contribution in [-0.4, -0.2) is 45.2 Å². The van der Waals surface area contributed by atoms with Gasteiger partial charge < -0.3 is 4.74 Å². The highest BCUT2D eigenvalue weighted by Gasteiger charge is 2.45. The Kier molecular flexibility index (Phi) is 6.42. The summed E-state index contributed by atoms with van der Waals surface area (Å²) in [5.41, 5.74) is 0.470. The van der Waals surface area contributed by atoms with E-state index in [4.69, 9.17) is 4.74 Å². The number of carbonyl (C=O) groups is 1. The molecule has 3 heterocycles. The molecule has 2 saturated carbocycles. The van der Waals surface area contributed by atoms with Crippen LogP contribution in [0.15, 0.2) is 29.1 Å². The monoisotopic (exact) mass is 477 g/mol. The average molecular weight is 478 g/mol. The third kappa shape index (κ3) is 4.32. The van der Waals surface area contributed by atoms with Crippen LogP contribution in [0.3, 0.4) is 0 Å². The lowest BCUT2D eigenvalue weighted by Crippen LogP contribution is -2.58. The number of nitrogens with zero attached hydrogens (tertiary/aromatic N) is 3. The standard InChI is InChI=1S/C29H39N3O3/c1-2-35-29(34)27-30-26-13-6-5-12-25(26)28(33)32(27)24-17-21-10-7-11-22(18-24)31(21)23-15-19-8-3-4-9-20(14-19)16-23/h5-6,12-13,19-24H,2-4,7-11,14-18H2,1H3/t19-,20+,21-,22+,23-,24?. The SMILES string of the molecule is CCOC(=O)c1nc2ccccc2c(=O)n1C1C[C@H]2CCC[C@@H](C1)N2[C@@H]1C[C@@H]2CCCC[C@@H](C2)C1. The van der Waals surface area contributed by atoms with Gasteiger partial charge in [-0.2, -0.15) is 0 Å². The van der Waals surface area contributed by atoms with Gasteiger partial charge in [0.25, 0.3) is 5.56 Å². The predicted octanol–water partition coefficient (Wildman–Crippen LogP) is 5.49.